The normalized spacial score (nSPS) is 11.2. The highest BCUT2D eigenvalue weighted by atomic mass is 32.2. The number of sulfone groups is 1. The molecule has 18 heavy (non-hydrogen) atoms. The van der Waals surface area contributed by atoms with E-state index in [1.807, 2.05) is 0 Å². The Morgan fingerprint density at radius 2 is 2.06 bits per heavy atom. The number of hydrogen-bond acceptors (Lipinski definition) is 4. The van der Waals surface area contributed by atoms with Crippen molar-refractivity contribution >= 4 is 16.1 Å². The number of halogens is 1. The number of carbonyl (C=O) groups is 1. The van der Waals surface area contributed by atoms with Crippen LogP contribution in [0.5, 0.6) is 5.75 Å². The van der Waals surface area contributed by atoms with Crippen molar-refractivity contribution in [3.8, 4) is 5.75 Å². The third-order valence-electron chi connectivity index (χ3n) is 2.34. The molecule has 0 heterocycles. The highest BCUT2D eigenvalue weighted by Crippen LogP contribution is 2.15. The maximum Gasteiger partial charge on any atom is 0.150 e. The van der Waals surface area contributed by atoms with Gasteiger partial charge in [-0.05, 0) is 18.6 Å². The van der Waals surface area contributed by atoms with E-state index in [1.54, 1.807) is 6.92 Å². The van der Waals surface area contributed by atoms with Crippen LogP contribution >= 0.6 is 0 Å². The van der Waals surface area contributed by atoms with Gasteiger partial charge < -0.3 is 4.74 Å². The summed E-state index contributed by atoms with van der Waals surface area (Å²) >= 11 is 0. The third kappa shape index (κ3) is 4.83. The summed E-state index contributed by atoms with van der Waals surface area (Å²) in [4.78, 5) is 10.5. The van der Waals surface area contributed by atoms with E-state index < -0.39 is 15.7 Å². The quantitative estimate of drug-likeness (QED) is 0.562. The number of hydrogen-bond donors (Lipinski definition) is 0. The Kier molecular flexibility index (Phi) is 5.27. The van der Waals surface area contributed by atoms with Crippen molar-refractivity contribution in [2.24, 2.45) is 0 Å². The standard InChI is InChI=1S/C12H15FO4S/c1-2-18(15,16)5-3-4-17-12-7-10(9-14)6-11(13)8-12/h6-9H,2-5H2,1H3. The van der Waals surface area contributed by atoms with Gasteiger partial charge in [-0.2, -0.15) is 0 Å². The lowest BCUT2D eigenvalue weighted by atomic mass is 10.2. The molecule has 0 N–H and O–H groups in total. The van der Waals surface area contributed by atoms with Crippen LogP contribution < -0.4 is 4.74 Å². The van der Waals surface area contributed by atoms with Gasteiger partial charge in [0.2, 0.25) is 0 Å². The van der Waals surface area contributed by atoms with Gasteiger partial charge in [-0.25, -0.2) is 12.8 Å². The molecule has 1 aromatic carbocycles. The van der Waals surface area contributed by atoms with E-state index in [-0.39, 0.29) is 29.4 Å². The van der Waals surface area contributed by atoms with Crippen molar-refractivity contribution in [3.63, 3.8) is 0 Å². The van der Waals surface area contributed by atoms with Crippen molar-refractivity contribution < 1.29 is 22.3 Å². The average Bonchev–Trinajstić information content (AvgIpc) is 2.34. The van der Waals surface area contributed by atoms with Gasteiger partial charge in [-0.3, -0.25) is 4.79 Å². The first-order chi connectivity index (χ1) is 8.46. The molecule has 0 fully saturated rings. The van der Waals surface area contributed by atoms with Gasteiger partial charge in [0, 0.05) is 17.4 Å². The van der Waals surface area contributed by atoms with Crippen LogP contribution in [0.1, 0.15) is 23.7 Å². The molecular weight excluding hydrogens is 259 g/mol. The first-order valence-corrected chi connectivity index (χ1v) is 7.38. The molecule has 1 aromatic rings. The number of ether oxygens (including phenoxy) is 1. The van der Waals surface area contributed by atoms with Gasteiger partial charge in [0.1, 0.15) is 27.7 Å². The molecular formula is C12H15FO4S. The van der Waals surface area contributed by atoms with Gasteiger partial charge in [-0.1, -0.05) is 6.92 Å². The molecule has 0 aliphatic carbocycles. The molecule has 0 unspecified atom stereocenters. The van der Waals surface area contributed by atoms with Crippen LogP contribution in [0.4, 0.5) is 4.39 Å². The molecule has 1 rings (SSSR count). The molecule has 4 nitrogen and oxygen atoms in total. The molecule has 0 aromatic heterocycles. The fourth-order valence-corrected chi connectivity index (χ4v) is 2.20. The maximum atomic E-state index is 13.0. The zero-order valence-electron chi connectivity index (χ0n) is 10.1. The van der Waals surface area contributed by atoms with Crippen LogP contribution in [-0.4, -0.2) is 32.8 Å². The highest BCUT2D eigenvalue weighted by Gasteiger charge is 2.07. The zero-order valence-corrected chi connectivity index (χ0v) is 10.9. The van der Waals surface area contributed by atoms with Gasteiger partial charge >= 0.3 is 0 Å². The minimum absolute atomic E-state index is 0.0410. The summed E-state index contributed by atoms with van der Waals surface area (Å²) in [6.07, 6.45) is 0.862. The summed E-state index contributed by atoms with van der Waals surface area (Å²) in [6, 6.07) is 3.66. The monoisotopic (exact) mass is 274 g/mol. The predicted octanol–water partition coefficient (Wildman–Crippen LogP) is 1.84. The van der Waals surface area contributed by atoms with E-state index in [4.69, 9.17) is 4.74 Å². The second-order valence-corrected chi connectivity index (χ2v) is 6.25. The van der Waals surface area contributed by atoms with Gasteiger partial charge in [-0.15, -0.1) is 0 Å². The molecule has 0 saturated carbocycles. The minimum atomic E-state index is -3.01. The Morgan fingerprint density at radius 1 is 1.33 bits per heavy atom. The molecule has 0 aliphatic heterocycles. The first-order valence-electron chi connectivity index (χ1n) is 5.56. The summed E-state index contributed by atoms with van der Waals surface area (Å²) in [5.74, 6) is -0.191. The van der Waals surface area contributed by atoms with Crippen molar-refractivity contribution in [2.75, 3.05) is 18.1 Å². The van der Waals surface area contributed by atoms with E-state index in [9.17, 15) is 17.6 Å². The van der Waals surface area contributed by atoms with Crippen molar-refractivity contribution in [1.82, 2.24) is 0 Å². The van der Waals surface area contributed by atoms with Crippen molar-refractivity contribution in [1.29, 1.82) is 0 Å². The van der Waals surface area contributed by atoms with Crippen LogP contribution in [0.2, 0.25) is 0 Å². The first kappa shape index (κ1) is 14.6. The fraction of sp³-hybridized carbons (Fsp3) is 0.417. The Morgan fingerprint density at radius 3 is 2.67 bits per heavy atom. The third-order valence-corrected chi connectivity index (χ3v) is 4.13. The number of rotatable bonds is 7. The molecule has 0 radical (unpaired) electrons. The van der Waals surface area contributed by atoms with Crippen LogP contribution in [0, 0.1) is 5.82 Å². The number of carbonyl (C=O) groups excluding carboxylic acids is 1. The van der Waals surface area contributed by atoms with E-state index in [0.717, 1.165) is 12.1 Å². The smallest absolute Gasteiger partial charge is 0.150 e. The van der Waals surface area contributed by atoms with Gasteiger partial charge in [0.25, 0.3) is 0 Å². The highest BCUT2D eigenvalue weighted by molar-refractivity contribution is 7.91. The topological polar surface area (TPSA) is 60.4 Å². The Bertz CT molecular complexity index is 511. The van der Waals surface area contributed by atoms with Crippen LogP contribution in [0.3, 0.4) is 0 Å². The lowest BCUT2D eigenvalue weighted by Crippen LogP contribution is -2.11. The maximum absolute atomic E-state index is 13.0. The average molecular weight is 274 g/mol. The second-order valence-electron chi connectivity index (χ2n) is 3.78. The minimum Gasteiger partial charge on any atom is -0.493 e. The molecule has 0 atom stereocenters. The molecule has 0 spiro atoms. The van der Waals surface area contributed by atoms with Gasteiger partial charge in [0.15, 0.2) is 0 Å². The Labute approximate surface area is 106 Å². The van der Waals surface area contributed by atoms with E-state index >= 15 is 0 Å². The second kappa shape index (κ2) is 6.49. The Hall–Kier alpha value is -1.43. The molecule has 100 valence electrons. The summed E-state index contributed by atoms with van der Waals surface area (Å²) in [6.45, 7) is 1.75. The summed E-state index contributed by atoms with van der Waals surface area (Å²) in [5.41, 5.74) is 0.186. The predicted molar refractivity (Wildman–Crippen MR) is 66.2 cm³/mol. The zero-order chi connectivity index (χ0) is 13.6. The van der Waals surface area contributed by atoms with Crippen molar-refractivity contribution in [2.45, 2.75) is 13.3 Å². The fourth-order valence-electron chi connectivity index (χ4n) is 1.35. The van der Waals surface area contributed by atoms with Crippen LogP contribution in [-0.2, 0) is 9.84 Å². The van der Waals surface area contributed by atoms with Crippen molar-refractivity contribution in [3.05, 3.63) is 29.6 Å². The SMILES string of the molecule is CCS(=O)(=O)CCCOc1cc(F)cc(C=O)c1. The number of benzene rings is 1. The van der Waals surface area contributed by atoms with E-state index in [2.05, 4.69) is 0 Å². The van der Waals surface area contributed by atoms with Gasteiger partial charge in [0.05, 0.1) is 12.4 Å². The molecule has 0 saturated heterocycles. The van der Waals surface area contributed by atoms with Crippen LogP contribution in [0.25, 0.3) is 0 Å². The molecule has 0 aliphatic rings. The van der Waals surface area contributed by atoms with E-state index in [1.165, 1.54) is 6.07 Å². The molecule has 0 amide bonds. The van der Waals surface area contributed by atoms with Crippen LogP contribution in [0.15, 0.2) is 18.2 Å². The van der Waals surface area contributed by atoms with E-state index in [0.29, 0.717) is 12.7 Å². The number of aldehydes is 1. The summed E-state index contributed by atoms with van der Waals surface area (Å²) in [5, 5.41) is 0. The summed E-state index contributed by atoms with van der Waals surface area (Å²) < 4.78 is 40.6. The lowest BCUT2D eigenvalue weighted by molar-refractivity contribution is 0.112. The largest absolute Gasteiger partial charge is 0.493 e. The summed E-state index contributed by atoms with van der Waals surface area (Å²) in [7, 11) is -3.01. The lowest BCUT2D eigenvalue weighted by Gasteiger charge is -2.07. The molecule has 6 heteroatoms. The molecule has 0 bridgehead atoms. The Balaban J connectivity index is 2.49.